The van der Waals surface area contributed by atoms with Gasteiger partial charge >= 0.3 is 0 Å². The second-order valence-corrected chi connectivity index (χ2v) is 6.05. The molecule has 2 N–H and O–H groups in total. The smallest absolute Gasteiger partial charge is 0.0406 e. The molecule has 0 aliphatic heterocycles. The van der Waals surface area contributed by atoms with Crippen LogP contribution in [0.2, 0.25) is 5.02 Å². The van der Waals surface area contributed by atoms with Crippen molar-refractivity contribution in [3.05, 3.63) is 68.7 Å². The van der Waals surface area contributed by atoms with E-state index in [-0.39, 0.29) is 6.04 Å². The average molecular weight is 288 g/mol. The highest BCUT2D eigenvalue weighted by Crippen LogP contribution is 2.28. The Morgan fingerprint density at radius 3 is 1.95 bits per heavy atom. The maximum atomic E-state index is 6.47. The molecule has 1 unspecified atom stereocenters. The van der Waals surface area contributed by atoms with Gasteiger partial charge in [-0.3, -0.25) is 0 Å². The molecule has 2 heteroatoms. The van der Waals surface area contributed by atoms with Crippen LogP contribution < -0.4 is 5.73 Å². The fraction of sp³-hybridized carbons (Fsp3) is 0.333. The number of hydrogen-bond acceptors (Lipinski definition) is 1. The highest BCUT2D eigenvalue weighted by Gasteiger charge is 2.15. The van der Waals surface area contributed by atoms with Crippen LogP contribution in [0, 0.1) is 27.7 Å². The van der Waals surface area contributed by atoms with Crippen molar-refractivity contribution in [2.24, 2.45) is 5.73 Å². The Morgan fingerprint density at radius 2 is 1.45 bits per heavy atom. The maximum absolute atomic E-state index is 6.47. The van der Waals surface area contributed by atoms with E-state index < -0.39 is 0 Å². The fourth-order valence-electron chi connectivity index (χ4n) is 2.78. The molecule has 0 aliphatic rings. The highest BCUT2D eigenvalue weighted by atomic mass is 35.5. The molecule has 1 nitrogen and oxygen atoms in total. The van der Waals surface area contributed by atoms with Crippen molar-refractivity contribution in [2.45, 2.75) is 40.2 Å². The standard InChI is InChI=1S/C18H22ClN/c1-11-9-12(2)14(4)18(13(11)3)17(20)10-15-5-7-16(19)8-6-15/h5-9,17H,10,20H2,1-4H3. The lowest BCUT2D eigenvalue weighted by Gasteiger charge is -2.21. The summed E-state index contributed by atoms with van der Waals surface area (Å²) < 4.78 is 0. The van der Waals surface area contributed by atoms with E-state index in [4.69, 9.17) is 17.3 Å². The highest BCUT2D eigenvalue weighted by molar-refractivity contribution is 6.30. The minimum absolute atomic E-state index is 0.0229. The van der Waals surface area contributed by atoms with Crippen LogP contribution in [0.4, 0.5) is 0 Å². The van der Waals surface area contributed by atoms with Crippen molar-refractivity contribution >= 4 is 11.6 Å². The van der Waals surface area contributed by atoms with E-state index >= 15 is 0 Å². The van der Waals surface area contributed by atoms with Gasteiger partial charge in [-0.05, 0) is 79.6 Å². The number of halogens is 1. The van der Waals surface area contributed by atoms with Crippen molar-refractivity contribution < 1.29 is 0 Å². The molecule has 2 aromatic rings. The van der Waals surface area contributed by atoms with Crippen molar-refractivity contribution in [1.82, 2.24) is 0 Å². The van der Waals surface area contributed by atoms with Crippen LogP contribution in [0.5, 0.6) is 0 Å². The van der Waals surface area contributed by atoms with E-state index in [1.165, 1.54) is 33.4 Å². The van der Waals surface area contributed by atoms with Gasteiger partial charge in [0.1, 0.15) is 0 Å². The summed E-state index contributed by atoms with van der Waals surface area (Å²) in [5.74, 6) is 0. The SMILES string of the molecule is Cc1cc(C)c(C)c(C(N)Cc2ccc(Cl)cc2)c1C. The first kappa shape index (κ1) is 15.1. The Bertz CT molecular complexity index is 588. The van der Waals surface area contributed by atoms with Crippen LogP contribution in [0.25, 0.3) is 0 Å². The van der Waals surface area contributed by atoms with Gasteiger partial charge in [0.15, 0.2) is 0 Å². The molecular weight excluding hydrogens is 266 g/mol. The third-order valence-corrected chi connectivity index (χ3v) is 4.42. The van der Waals surface area contributed by atoms with E-state index in [1.54, 1.807) is 0 Å². The van der Waals surface area contributed by atoms with Gasteiger partial charge in [-0.25, -0.2) is 0 Å². The molecule has 2 rings (SSSR count). The largest absolute Gasteiger partial charge is 0.324 e. The number of benzene rings is 2. The van der Waals surface area contributed by atoms with Gasteiger partial charge in [-0.15, -0.1) is 0 Å². The van der Waals surface area contributed by atoms with Crippen LogP contribution in [0.1, 0.15) is 39.4 Å². The van der Waals surface area contributed by atoms with Gasteiger partial charge in [0.05, 0.1) is 0 Å². The molecule has 0 spiro atoms. The third-order valence-electron chi connectivity index (χ3n) is 4.16. The average Bonchev–Trinajstić information content (AvgIpc) is 2.39. The van der Waals surface area contributed by atoms with Crippen molar-refractivity contribution in [3.63, 3.8) is 0 Å². The summed E-state index contributed by atoms with van der Waals surface area (Å²) in [6.45, 7) is 8.64. The minimum Gasteiger partial charge on any atom is -0.324 e. The quantitative estimate of drug-likeness (QED) is 0.861. The molecule has 1 atom stereocenters. The topological polar surface area (TPSA) is 26.0 Å². The van der Waals surface area contributed by atoms with E-state index in [0.717, 1.165) is 11.4 Å². The van der Waals surface area contributed by atoms with Crippen LogP contribution in [-0.4, -0.2) is 0 Å². The molecule has 106 valence electrons. The summed E-state index contributed by atoms with van der Waals surface area (Å²) >= 11 is 5.93. The molecule has 0 bridgehead atoms. The molecule has 0 radical (unpaired) electrons. The monoisotopic (exact) mass is 287 g/mol. The van der Waals surface area contributed by atoms with Gasteiger partial charge < -0.3 is 5.73 Å². The summed E-state index contributed by atoms with van der Waals surface area (Å²) in [5.41, 5.74) is 14.2. The lowest BCUT2D eigenvalue weighted by Crippen LogP contribution is -2.17. The molecule has 0 saturated heterocycles. The van der Waals surface area contributed by atoms with E-state index in [9.17, 15) is 0 Å². The first-order valence-electron chi connectivity index (χ1n) is 6.97. The molecule has 2 aromatic carbocycles. The predicted octanol–water partition coefficient (Wildman–Crippen LogP) is 4.82. The molecule has 0 fully saturated rings. The Labute approximate surface area is 126 Å². The first-order valence-corrected chi connectivity index (χ1v) is 7.35. The van der Waals surface area contributed by atoms with Crippen LogP contribution in [-0.2, 0) is 6.42 Å². The van der Waals surface area contributed by atoms with Gasteiger partial charge in [-0.1, -0.05) is 29.8 Å². The molecule has 0 saturated carbocycles. The zero-order chi connectivity index (χ0) is 14.9. The van der Waals surface area contributed by atoms with Crippen LogP contribution in [0.3, 0.4) is 0 Å². The van der Waals surface area contributed by atoms with Crippen molar-refractivity contribution in [2.75, 3.05) is 0 Å². The molecule has 0 amide bonds. The zero-order valence-corrected chi connectivity index (χ0v) is 13.4. The first-order chi connectivity index (χ1) is 9.40. The fourth-order valence-corrected chi connectivity index (χ4v) is 2.91. The molecule has 0 aromatic heterocycles. The van der Waals surface area contributed by atoms with Crippen molar-refractivity contribution in [1.29, 1.82) is 0 Å². The maximum Gasteiger partial charge on any atom is 0.0406 e. The molecule has 0 heterocycles. The van der Waals surface area contributed by atoms with Gasteiger partial charge in [0.25, 0.3) is 0 Å². The predicted molar refractivity (Wildman–Crippen MR) is 87.5 cm³/mol. The van der Waals surface area contributed by atoms with Gasteiger partial charge in [0.2, 0.25) is 0 Å². The minimum atomic E-state index is 0.0229. The molecule has 20 heavy (non-hydrogen) atoms. The van der Waals surface area contributed by atoms with Gasteiger partial charge in [0, 0.05) is 11.1 Å². The van der Waals surface area contributed by atoms with E-state index in [0.29, 0.717) is 0 Å². The Balaban J connectivity index is 2.34. The second kappa shape index (κ2) is 5.99. The Morgan fingerprint density at radius 1 is 0.950 bits per heavy atom. The number of aryl methyl sites for hydroxylation is 2. The summed E-state index contributed by atoms with van der Waals surface area (Å²) in [6, 6.07) is 10.2. The van der Waals surface area contributed by atoms with Crippen LogP contribution >= 0.6 is 11.6 Å². The summed E-state index contributed by atoms with van der Waals surface area (Å²) in [6.07, 6.45) is 0.835. The summed E-state index contributed by atoms with van der Waals surface area (Å²) in [4.78, 5) is 0. The number of rotatable bonds is 3. The third kappa shape index (κ3) is 3.05. The molecule has 0 aliphatic carbocycles. The Hall–Kier alpha value is -1.31. The normalized spacial score (nSPS) is 12.5. The summed E-state index contributed by atoms with van der Waals surface area (Å²) in [7, 11) is 0. The number of hydrogen-bond donors (Lipinski definition) is 1. The van der Waals surface area contributed by atoms with E-state index in [2.05, 4.69) is 45.9 Å². The lowest BCUT2D eigenvalue weighted by molar-refractivity contribution is 0.708. The Kier molecular flexibility index (Phi) is 4.52. The second-order valence-electron chi connectivity index (χ2n) is 5.61. The zero-order valence-electron chi connectivity index (χ0n) is 12.6. The van der Waals surface area contributed by atoms with Crippen molar-refractivity contribution in [3.8, 4) is 0 Å². The van der Waals surface area contributed by atoms with Gasteiger partial charge in [-0.2, -0.15) is 0 Å². The molecular formula is C18H22ClN. The lowest BCUT2D eigenvalue weighted by atomic mass is 9.87. The van der Waals surface area contributed by atoms with Crippen LogP contribution in [0.15, 0.2) is 30.3 Å². The summed E-state index contributed by atoms with van der Waals surface area (Å²) in [5, 5.41) is 0.765. The number of nitrogens with two attached hydrogens (primary N) is 1. The van der Waals surface area contributed by atoms with E-state index in [1.807, 2.05) is 12.1 Å².